The second-order valence-electron chi connectivity index (χ2n) is 9.37. The van der Waals surface area contributed by atoms with E-state index < -0.39 is 40.2 Å². The number of anilines is 1. The summed E-state index contributed by atoms with van der Waals surface area (Å²) in [6, 6.07) is 25.7. The highest BCUT2D eigenvalue weighted by molar-refractivity contribution is 7.92. The molecule has 4 rings (SSSR count). The van der Waals surface area contributed by atoms with Crippen LogP contribution in [0.1, 0.15) is 11.1 Å². The Morgan fingerprint density at radius 3 is 2.07 bits per heavy atom. The van der Waals surface area contributed by atoms with Gasteiger partial charge in [-0.05, 0) is 47.5 Å². The quantitative estimate of drug-likeness (QED) is 0.231. The average molecular weight is 629 g/mol. The fourth-order valence-corrected chi connectivity index (χ4v) is 6.32. The molecule has 4 aromatic carbocycles. The van der Waals surface area contributed by atoms with Gasteiger partial charge in [0.1, 0.15) is 18.4 Å². The predicted octanol–water partition coefficient (Wildman–Crippen LogP) is 5.71. The maximum Gasteiger partial charge on any atom is 0.264 e. The molecule has 1 atom stereocenters. The van der Waals surface area contributed by atoms with Crippen LogP contribution in [0.25, 0.3) is 0 Å². The van der Waals surface area contributed by atoms with E-state index in [9.17, 15) is 22.4 Å². The number of amides is 2. The molecule has 0 spiro atoms. The maximum atomic E-state index is 14.2. The van der Waals surface area contributed by atoms with Gasteiger partial charge >= 0.3 is 0 Å². The molecule has 0 heterocycles. The minimum atomic E-state index is -4.32. The Labute approximate surface area is 254 Å². The van der Waals surface area contributed by atoms with Crippen LogP contribution in [0.5, 0.6) is 0 Å². The van der Waals surface area contributed by atoms with Gasteiger partial charge in [0.2, 0.25) is 11.8 Å². The maximum absolute atomic E-state index is 14.2. The molecule has 42 heavy (non-hydrogen) atoms. The summed E-state index contributed by atoms with van der Waals surface area (Å²) in [5.74, 6) is -1.59. The van der Waals surface area contributed by atoms with Gasteiger partial charge in [-0.3, -0.25) is 13.9 Å². The van der Waals surface area contributed by atoms with E-state index in [-0.39, 0.29) is 33.6 Å². The van der Waals surface area contributed by atoms with Crippen LogP contribution >= 0.6 is 23.2 Å². The molecule has 0 aliphatic carbocycles. The third-order valence-corrected chi connectivity index (χ3v) is 9.18. The lowest BCUT2D eigenvalue weighted by molar-refractivity contribution is -0.139. The van der Waals surface area contributed by atoms with Crippen molar-refractivity contribution in [3.63, 3.8) is 0 Å². The molecule has 0 unspecified atom stereocenters. The molecule has 0 radical (unpaired) electrons. The summed E-state index contributed by atoms with van der Waals surface area (Å²) < 4.78 is 42.4. The van der Waals surface area contributed by atoms with Crippen molar-refractivity contribution < 1.29 is 22.4 Å². The lowest BCUT2D eigenvalue weighted by atomic mass is 10.0. The molecule has 0 aromatic heterocycles. The van der Waals surface area contributed by atoms with Crippen molar-refractivity contribution in [1.29, 1.82) is 0 Å². The molecule has 0 saturated heterocycles. The number of benzene rings is 4. The first-order valence-corrected chi connectivity index (χ1v) is 15.1. The lowest BCUT2D eigenvalue weighted by Crippen LogP contribution is -2.53. The van der Waals surface area contributed by atoms with Gasteiger partial charge in [0, 0.05) is 20.0 Å². The van der Waals surface area contributed by atoms with E-state index in [1.165, 1.54) is 66.5 Å². The zero-order chi connectivity index (χ0) is 30.3. The highest BCUT2D eigenvalue weighted by Crippen LogP contribution is 2.35. The van der Waals surface area contributed by atoms with Crippen LogP contribution in [0.2, 0.25) is 10.0 Å². The predicted molar refractivity (Wildman–Crippen MR) is 162 cm³/mol. The van der Waals surface area contributed by atoms with Crippen molar-refractivity contribution in [1.82, 2.24) is 10.2 Å². The fraction of sp³-hybridized carbons (Fsp3) is 0.161. The average Bonchev–Trinajstić information content (AvgIpc) is 3.00. The van der Waals surface area contributed by atoms with Crippen molar-refractivity contribution in [3.05, 3.63) is 130 Å². The zero-order valence-electron chi connectivity index (χ0n) is 22.6. The highest BCUT2D eigenvalue weighted by atomic mass is 35.5. The Morgan fingerprint density at radius 2 is 1.45 bits per heavy atom. The molecule has 0 saturated carbocycles. The molecular weight excluding hydrogens is 600 g/mol. The van der Waals surface area contributed by atoms with E-state index in [4.69, 9.17) is 23.2 Å². The molecule has 0 bridgehead atoms. The molecular formula is C31H28Cl2FN3O4S. The van der Waals surface area contributed by atoms with Gasteiger partial charge in [0.05, 0.1) is 20.6 Å². The minimum absolute atomic E-state index is 0.00246. The number of hydrogen-bond acceptors (Lipinski definition) is 4. The van der Waals surface area contributed by atoms with Gasteiger partial charge in [-0.2, -0.15) is 0 Å². The third kappa shape index (κ3) is 7.28. The normalized spacial score (nSPS) is 11.9. The van der Waals surface area contributed by atoms with Crippen LogP contribution in [0, 0.1) is 5.82 Å². The Bertz CT molecular complexity index is 1640. The molecule has 2 amide bonds. The van der Waals surface area contributed by atoms with Gasteiger partial charge in [-0.15, -0.1) is 0 Å². The van der Waals surface area contributed by atoms with Crippen molar-refractivity contribution in [3.8, 4) is 0 Å². The van der Waals surface area contributed by atoms with Crippen molar-refractivity contribution in [2.45, 2.75) is 23.9 Å². The first-order chi connectivity index (χ1) is 20.1. The van der Waals surface area contributed by atoms with Crippen molar-refractivity contribution in [2.24, 2.45) is 0 Å². The summed E-state index contributed by atoms with van der Waals surface area (Å²) in [7, 11) is -2.86. The van der Waals surface area contributed by atoms with Crippen LogP contribution in [-0.4, -0.2) is 44.8 Å². The van der Waals surface area contributed by atoms with E-state index in [0.29, 0.717) is 5.56 Å². The van der Waals surface area contributed by atoms with E-state index >= 15 is 0 Å². The number of nitrogens with zero attached hydrogens (tertiary/aromatic N) is 2. The summed E-state index contributed by atoms with van der Waals surface area (Å²) in [6.45, 7) is -0.784. The molecule has 7 nitrogen and oxygen atoms in total. The van der Waals surface area contributed by atoms with Crippen LogP contribution in [-0.2, 0) is 32.6 Å². The van der Waals surface area contributed by atoms with E-state index in [0.717, 1.165) is 9.87 Å². The monoisotopic (exact) mass is 627 g/mol. The van der Waals surface area contributed by atoms with Crippen molar-refractivity contribution in [2.75, 3.05) is 17.9 Å². The molecule has 1 N–H and O–H groups in total. The minimum Gasteiger partial charge on any atom is -0.357 e. The van der Waals surface area contributed by atoms with Crippen molar-refractivity contribution >= 4 is 50.7 Å². The fourth-order valence-electron chi connectivity index (χ4n) is 4.43. The Hall–Kier alpha value is -3.92. The molecule has 11 heteroatoms. The summed E-state index contributed by atoms with van der Waals surface area (Å²) in [6.07, 6.45) is 0.150. The largest absolute Gasteiger partial charge is 0.357 e. The van der Waals surface area contributed by atoms with Crippen LogP contribution in [0.15, 0.2) is 108 Å². The molecule has 0 fully saturated rings. The topological polar surface area (TPSA) is 86.8 Å². The second kappa shape index (κ2) is 13.8. The van der Waals surface area contributed by atoms with Gasteiger partial charge in [0.25, 0.3) is 10.0 Å². The molecule has 4 aromatic rings. The van der Waals surface area contributed by atoms with Gasteiger partial charge in [0.15, 0.2) is 0 Å². The Kier molecular flexibility index (Phi) is 10.2. The molecule has 0 aliphatic rings. The Morgan fingerprint density at radius 1 is 0.833 bits per heavy atom. The number of rotatable bonds is 11. The van der Waals surface area contributed by atoms with E-state index in [1.807, 2.05) is 30.3 Å². The summed E-state index contributed by atoms with van der Waals surface area (Å²) >= 11 is 12.7. The second-order valence-corrected chi connectivity index (χ2v) is 12.0. The zero-order valence-corrected chi connectivity index (χ0v) is 24.9. The van der Waals surface area contributed by atoms with Gasteiger partial charge < -0.3 is 10.2 Å². The Balaban J connectivity index is 1.81. The van der Waals surface area contributed by atoms with Crippen LogP contribution < -0.4 is 9.62 Å². The smallest absolute Gasteiger partial charge is 0.264 e. The lowest BCUT2D eigenvalue weighted by Gasteiger charge is -2.33. The molecule has 218 valence electrons. The summed E-state index contributed by atoms with van der Waals surface area (Å²) in [5, 5.41) is 2.66. The number of sulfonamides is 1. The number of carbonyl (C=O) groups is 2. The first-order valence-electron chi connectivity index (χ1n) is 12.9. The SMILES string of the molecule is CNC(=O)[C@H](Cc1ccccc1)N(Cc1ccc(F)cc1)C(=O)CN(c1cccc(Cl)c1Cl)S(=O)(=O)c1ccccc1. The third-order valence-electron chi connectivity index (χ3n) is 6.59. The molecule has 0 aliphatic heterocycles. The number of nitrogens with one attached hydrogen (secondary N) is 1. The standard InChI is InChI=1S/C31H28Cl2FN3O4S/c1-35-31(39)28(19-22-9-4-2-5-10-22)36(20-23-15-17-24(34)18-16-23)29(38)21-37(27-14-8-13-26(32)30(27)33)42(40,41)25-11-6-3-7-12-25/h2-18,28H,19-21H2,1H3,(H,35,39)/t28-/m0/s1. The van der Waals surface area contributed by atoms with Gasteiger partial charge in [-0.25, -0.2) is 12.8 Å². The number of carbonyl (C=O) groups excluding carboxylic acids is 2. The van der Waals surface area contributed by atoms with Crippen LogP contribution in [0.4, 0.5) is 10.1 Å². The highest BCUT2D eigenvalue weighted by Gasteiger charge is 2.35. The van der Waals surface area contributed by atoms with Gasteiger partial charge in [-0.1, -0.05) is 89.9 Å². The van der Waals surface area contributed by atoms with E-state index in [1.54, 1.807) is 18.2 Å². The van der Waals surface area contributed by atoms with E-state index in [2.05, 4.69) is 5.32 Å². The summed E-state index contributed by atoms with van der Waals surface area (Å²) in [5.41, 5.74) is 1.34. The first kappa shape index (κ1) is 31.0. The number of hydrogen-bond donors (Lipinski definition) is 1. The number of likely N-dealkylation sites (N-methyl/N-ethyl adjacent to an activating group) is 1. The summed E-state index contributed by atoms with van der Waals surface area (Å²) in [4.78, 5) is 28.7. The van der Waals surface area contributed by atoms with Crippen LogP contribution in [0.3, 0.4) is 0 Å². The number of halogens is 3.